The van der Waals surface area contributed by atoms with Gasteiger partial charge in [-0.05, 0) is 59.7 Å². The highest BCUT2D eigenvalue weighted by Crippen LogP contribution is 2.38. The fraction of sp³-hybridized carbons (Fsp3) is 0.222. The molecule has 2 aromatic carbocycles. The average Bonchev–Trinajstić information content (AvgIpc) is 3.02. The molecule has 0 aliphatic heterocycles. The third kappa shape index (κ3) is 4.04. The van der Waals surface area contributed by atoms with E-state index in [1.54, 1.807) is 0 Å². The highest BCUT2D eigenvalue weighted by Gasteiger charge is 2.16. The molecule has 0 aliphatic rings. The summed E-state index contributed by atoms with van der Waals surface area (Å²) in [7, 11) is 0. The molecule has 0 saturated carbocycles. The number of rotatable bonds is 6. The number of nitrogens with zero attached hydrogens (tertiary/aromatic N) is 2. The first-order valence-corrected chi connectivity index (χ1v) is 8.89. The normalized spacial score (nSPS) is 10.7. The standard InChI is InChI=1S/C18H18IN3O3/c1-3-23-15-9-13(17-21-22-18(20)25-17)8-14(19)16(15)24-10-12-7-5-4-6-11(12)2/h4-9H,3,10H2,1-2H3,(H2,20,22). The van der Waals surface area contributed by atoms with E-state index in [1.807, 2.05) is 31.2 Å². The van der Waals surface area contributed by atoms with Crippen molar-refractivity contribution in [3.63, 3.8) is 0 Å². The zero-order chi connectivity index (χ0) is 17.8. The molecule has 0 radical (unpaired) electrons. The van der Waals surface area contributed by atoms with Crippen molar-refractivity contribution < 1.29 is 13.9 Å². The van der Waals surface area contributed by atoms with Gasteiger partial charge in [0.15, 0.2) is 11.5 Å². The predicted molar refractivity (Wildman–Crippen MR) is 104 cm³/mol. The van der Waals surface area contributed by atoms with Crippen molar-refractivity contribution in [2.75, 3.05) is 12.3 Å². The van der Waals surface area contributed by atoms with Crippen molar-refractivity contribution in [1.29, 1.82) is 0 Å². The predicted octanol–water partition coefficient (Wildman–Crippen LogP) is 4.21. The van der Waals surface area contributed by atoms with Gasteiger partial charge in [-0.2, -0.15) is 0 Å². The van der Waals surface area contributed by atoms with Crippen molar-refractivity contribution in [2.24, 2.45) is 0 Å². The van der Waals surface area contributed by atoms with Gasteiger partial charge in [0.2, 0.25) is 5.89 Å². The van der Waals surface area contributed by atoms with E-state index in [0.29, 0.717) is 30.6 Å². The summed E-state index contributed by atoms with van der Waals surface area (Å²) in [4.78, 5) is 0. The number of nitrogens with two attached hydrogens (primary N) is 1. The van der Waals surface area contributed by atoms with Crippen LogP contribution in [0.1, 0.15) is 18.1 Å². The molecule has 1 heterocycles. The summed E-state index contributed by atoms with van der Waals surface area (Å²) >= 11 is 2.21. The van der Waals surface area contributed by atoms with Crippen molar-refractivity contribution in [2.45, 2.75) is 20.5 Å². The fourth-order valence-corrected chi connectivity index (χ4v) is 3.12. The Labute approximate surface area is 159 Å². The van der Waals surface area contributed by atoms with Crippen LogP contribution in [0, 0.1) is 10.5 Å². The van der Waals surface area contributed by atoms with Gasteiger partial charge >= 0.3 is 6.01 Å². The van der Waals surface area contributed by atoms with E-state index in [1.165, 1.54) is 5.56 Å². The Bertz CT molecular complexity index is 880. The lowest BCUT2D eigenvalue weighted by atomic mass is 10.1. The number of nitrogen functional groups attached to an aromatic ring is 1. The lowest BCUT2D eigenvalue weighted by molar-refractivity contribution is 0.267. The van der Waals surface area contributed by atoms with Crippen LogP contribution >= 0.6 is 22.6 Å². The fourth-order valence-electron chi connectivity index (χ4n) is 2.37. The molecule has 7 heteroatoms. The second kappa shape index (κ2) is 7.73. The number of aromatic nitrogens is 2. The molecule has 6 nitrogen and oxygen atoms in total. The van der Waals surface area contributed by atoms with Crippen LogP contribution in [-0.4, -0.2) is 16.8 Å². The molecule has 25 heavy (non-hydrogen) atoms. The molecule has 0 aliphatic carbocycles. The summed E-state index contributed by atoms with van der Waals surface area (Å²) in [6.45, 7) is 4.98. The van der Waals surface area contributed by atoms with E-state index in [0.717, 1.165) is 14.7 Å². The molecule has 0 unspecified atom stereocenters. The van der Waals surface area contributed by atoms with Gasteiger partial charge in [0.1, 0.15) is 6.61 Å². The van der Waals surface area contributed by atoms with Gasteiger partial charge in [0.25, 0.3) is 0 Å². The molecule has 3 rings (SSSR count). The molecule has 0 fully saturated rings. The first-order valence-electron chi connectivity index (χ1n) is 7.81. The van der Waals surface area contributed by atoms with Crippen LogP contribution < -0.4 is 15.2 Å². The molecule has 0 spiro atoms. The van der Waals surface area contributed by atoms with E-state index in [4.69, 9.17) is 19.6 Å². The van der Waals surface area contributed by atoms with Crippen LogP contribution in [0.4, 0.5) is 6.01 Å². The third-order valence-electron chi connectivity index (χ3n) is 3.63. The van der Waals surface area contributed by atoms with E-state index >= 15 is 0 Å². The number of hydrogen-bond donors (Lipinski definition) is 1. The molecule has 3 aromatic rings. The first kappa shape index (κ1) is 17.5. The summed E-state index contributed by atoms with van der Waals surface area (Å²) in [5.74, 6) is 1.68. The molecule has 1 aromatic heterocycles. The number of aryl methyl sites for hydroxylation is 1. The van der Waals surface area contributed by atoms with E-state index in [-0.39, 0.29) is 6.01 Å². The Morgan fingerprint density at radius 1 is 1.16 bits per heavy atom. The topological polar surface area (TPSA) is 83.4 Å². The number of anilines is 1. The van der Waals surface area contributed by atoms with E-state index < -0.39 is 0 Å². The second-order valence-corrected chi connectivity index (χ2v) is 6.54. The van der Waals surface area contributed by atoms with Crippen molar-refractivity contribution in [3.05, 3.63) is 51.1 Å². The minimum atomic E-state index is 0.0304. The van der Waals surface area contributed by atoms with Gasteiger partial charge in [-0.25, -0.2) is 0 Å². The molecule has 130 valence electrons. The minimum absolute atomic E-state index is 0.0304. The SMILES string of the molecule is CCOc1cc(-c2nnc(N)o2)cc(I)c1OCc1ccccc1C. The summed E-state index contributed by atoms with van der Waals surface area (Å²) in [5.41, 5.74) is 8.57. The Morgan fingerprint density at radius 3 is 2.64 bits per heavy atom. The van der Waals surface area contributed by atoms with Crippen LogP contribution in [0.5, 0.6) is 11.5 Å². The van der Waals surface area contributed by atoms with Gasteiger partial charge in [-0.3, -0.25) is 0 Å². The van der Waals surface area contributed by atoms with Gasteiger partial charge < -0.3 is 19.6 Å². The largest absolute Gasteiger partial charge is 0.490 e. The maximum absolute atomic E-state index is 6.06. The lowest BCUT2D eigenvalue weighted by Crippen LogP contribution is -2.03. The zero-order valence-electron chi connectivity index (χ0n) is 14.0. The maximum atomic E-state index is 6.06. The van der Waals surface area contributed by atoms with Crippen LogP contribution in [0.2, 0.25) is 0 Å². The summed E-state index contributed by atoms with van der Waals surface area (Å²) in [6.07, 6.45) is 0. The highest BCUT2D eigenvalue weighted by atomic mass is 127. The van der Waals surface area contributed by atoms with Gasteiger partial charge in [-0.1, -0.05) is 29.4 Å². The second-order valence-electron chi connectivity index (χ2n) is 5.38. The quantitative estimate of drug-likeness (QED) is 0.566. The van der Waals surface area contributed by atoms with Gasteiger partial charge in [-0.15, -0.1) is 5.10 Å². The number of ether oxygens (including phenoxy) is 2. The summed E-state index contributed by atoms with van der Waals surface area (Å²) in [5, 5.41) is 7.61. The maximum Gasteiger partial charge on any atom is 0.313 e. The Hall–Kier alpha value is -2.29. The zero-order valence-corrected chi connectivity index (χ0v) is 16.1. The molecule has 2 N–H and O–H groups in total. The molecule has 0 saturated heterocycles. The van der Waals surface area contributed by atoms with Crippen LogP contribution in [0.3, 0.4) is 0 Å². The van der Waals surface area contributed by atoms with Crippen molar-refractivity contribution >= 4 is 28.6 Å². The van der Waals surface area contributed by atoms with Gasteiger partial charge in [0.05, 0.1) is 10.2 Å². The minimum Gasteiger partial charge on any atom is -0.490 e. The molecule has 0 amide bonds. The Kier molecular flexibility index (Phi) is 5.42. The van der Waals surface area contributed by atoms with E-state index in [9.17, 15) is 0 Å². The Morgan fingerprint density at radius 2 is 1.96 bits per heavy atom. The van der Waals surface area contributed by atoms with Crippen LogP contribution in [-0.2, 0) is 6.61 Å². The summed E-state index contributed by atoms with van der Waals surface area (Å²) in [6, 6.07) is 11.9. The van der Waals surface area contributed by atoms with Crippen molar-refractivity contribution in [3.8, 4) is 23.0 Å². The van der Waals surface area contributed by atoms with Gasteiger partial charge in [0, 0.05) is 5.56 Å². The molecular weight excluding hydrogens is 433 g/mol. The third-order valence-corrected chi connectivity index (χ3v) is 4.43. The number of hydrogen-bond acceptors (Lipinski definition) is 6. The lowest BCUT2D eigenvalue weighted by Gasteiger charge is -2.15. The molecule has 0 bridgehead atoms. The Balaban J connectivity index is 1.91. The number of halogens is 1. The average molecular weight is 451 g/mol. The molecular formula is C18H18IN3O3. The smallest absolute Gasteiger partial charge is 0.313 e. The van der Waals surface area contributed by atoms with E-state index in [2.05, 4.69) is 51.8 Å². The molecule has 0 atom stereocenters. The van der Waals surface area contributed by atoms with Crippen LogP contribution in [0.25, 0.3) is 11.5 Å². The number of benzene rings is 2. The first-order chi connectivity index (χ1) is 12.1. The van der Waals surface area contributed by atoms with Crippen molar-refractivity contribution in [1.82, 2.24) is 10.2 Å². The highest BCUT2D eigenvalue weighted by molar-refractivity contribution is 14.1. The monoisotopic (exact) mass is 451 g/mol. The van der Waals surface area contributed by atoms with Crippen LogP contribution in [0.15, 0.2) is 40.8 Å². The summed E-state index contributed by atoms with van der Waals surface area (Å²) < 4.78 is 18.0.